The molecule has 0 spiro atoms. The molecule has 0 amide bonds. The molecule has 0 aliphatic heterocycles. The summed E-state index contributed by atoms with van der Waals surface area (Å²) in [6, 6.07) is 2.28. The van der Waals surface area contributed by atoms with Gasteiger partial charge >= 0.3 is 0 Å². The van der Waals surface area contributed by atoms with Crippen molar-refractivity contribution in [3.8, 4) is 0 Å². The van der Waals surface area contributed by atoms with Crippen LogP contribution in [0.3, 0.4) is 0 Å². The van der Waals surface area contributed by atoms with Crippen molar-refractivity contribution in [2.45, 2.75) is 29.2 Å². The summed E-state index contributed by atoms with van der Waals surface area (Å²) in [5.41, 5.74) is 5.39. The first kappa shape index (κ1) is 18.0. The first-order valence-electron chi connectivity index (χ1n) is 6.19. The summed E-state index contributed by atoms with van der Waals surface area (Å²) in [4.78, 5) is -0.904. The van der Waals surface area contributed by atoms with Gasteiger partial charge in [0, 0.05) is 19.3 Å². The van der Waals surface area contributed by atoms with E-state index in [1.54, 1.807) is 6.92 Å². The van der Waals surface area contributed by atoms with Gasteiger partial charge in [-0.1, -0.05) is 0 Å². The van der Waals surface area contributed by atoms with Gasteiger partial charge in [0.2, 0.25) is 10.0 Å². The summed E-state index contributed by atoms with van der Waals surface area (Å²) >= 11 is 0. The fourth-order valence-electron chi connectivity index (χ4n) is 1.73. The third-order valence-electron chi connectivity index (χ3n) is 3.19. The average Bonchev–Trinajstić information content (AvgIpc) is 2.36. The van der Waals surface area contributed by atoms with Crippen LogP contribution in [-0.2, 0) is 19.9 Å². The van der Waals surface area contributed by atoms with Crippen LogP contribution in [0.15, 0.2) is 28.0 Å². The van der Waals surface area contributed by atoms with Gasteiger partial charge in [-0.3, -0.25) is 0 Å². The van der Waals surface area contributed by atoms with Crippen molar-refractivity contribution < 1.29 is 21.2 Å². The van der Waals surface area contributed by atoms with E-state index in [0.29, 0.717) is 6.42 Å². The van der Waals surface area contributed by atoms with Crippen molar-refractivity contribution in [3.05, 3.63) is 24.0 Å². The number of benzene rings is 1. The van der Waals surface area contributed by atoms with E-state index in [2.05, 4.69) is 0 Å². The lowest BCUT2D eigenvalue weighted by atomic mass is 10.2. The lowest BCUT2D eigenvalue weighted by Crippen LogP contribution is -2.36. The van der Waals surface area contributed by atoms with Crippen molar-refractivity contribution in [1.29, 1.82) is 0 Å². The molecular weight excluding hydrogens is 319 g/mol. The maximum absolute atomic E-state index is 13.8. The molecule has 1 aromatic carbocycles. The second kappa shape index (κ2) is 6.39. The normalized spacial score (nSPS) is 14.4. The number of nitrogens with zero attached hydrogens (tertiary/aromatic N) is 1. The van der Waals surface area contributed by atoms with Crippen LogP contribution in [-0.4, -0.2) is 47.0 Å². The average molecular weight is 338 g/mol. The van der Waals surface area contributed by atoms with Crippen molar-refractivity contribution >= 4 is 19.9 Å². The molecule has 2 N–H and O–H groups in total. The Hall–Kier alpha value is -1.03. The van der Waals surface area contributed by atoms with Crippen LogP contribution in [0.5, 0.6) is 0 Å². The zero-order valence-corrected chi connectivity index (χ0v) is 13.7. The fourth-order valence-corrected chi connectivity index (χ4v) is 3.93. The predicted octanol–water partition coefficient (Wildman–Crippen LogP) is 0.587. The van der Waals surface area contributed by atoms with Gasteiger partial charge in [-0.25, -0.2) is 21.2 Å². The van der Waals surface area contributed by atoms with Gasteiger partial charge in [0.25, 0.3) is 0 Å². The Bertz CT molecular complexity index is 717. The van der Waals surface area contributed by atoms with Crippen LogP contribution in [0.4, 0.5) is 4.39 Å². The van der Waals surface area contributed by atoms with Gasteiger partial charge < -0.3 is 5.73 Å². The third kappa shape index (κ3) is 4.00. The van der Waals surface area contributed by atoms with E-state index in [9.17, 15) is 21.2 Å². The van der Waals surface area contributed by atoms with E-state index in [0.717, 1.165) is 28.8 Å². The van der Waals surface area contributed by atoms with E-state index >= 15 is 0 Å². The third-order valence-corrected chi connectivity index (χ3v) is 6.29. The predicted molar refractivity (Wildman–Crippen MR) is 77.6 cm³/mol. The molecule has 120 valence electrons. The Morgan fingerprint density at radius 2 is 1.86 bits per heavy atom. The summed E-state index contributed by atoms with van der Waals surface area (Å²) in [7, 11) is -6.46. The number of rotatable bonds is 6. The second-order valence-corrected chi connectivity index (χ2v) is 8.79. The molecule has 0 heterocycles. The minimum Gasteiger partial charge on any atom is -0.330 e. The number of hydrogen-bond acceptors (Lipinski definition) is 5. The highest BCUT2D eigenvalue weighted by Crippen LogP contribution is 2.23. The number of nitrogens with two attached hydrogens (primary N) is 1. The molecule has 0 fully saturated rings. The van der Waals surface area contributed by atoms with Crippen LogP contribution < -0.4 is 5.73 Å². The molecule has 0 saturated carbocycles. The highest BCUT2D eigenvalue weighted by Gasteiger charge is 2.29. The Kier molecular flexibility index (Phi) is 5.48. The van der Waals surface area contributed by atoms with Gasteiger partial charge in [0.15, 0.2) is 9.84 Å². The smallest absolute Gasteiger partial charge is 0.246 e. The van der Waals surface area contributed by atoms with Gasteiger partial charge in [0.05, 0.1) is 4.90 Å². The maximum atomic E-state index is 13.8. The Labute approximate surface area is 124 Å². The fraction of sp³-hybridized carbons (Fsp3) is 0.500. The highest BCUT2D eigenvalue weighted by molar-refractivity contribution is 7.91. The molecule has 21 heavy (non-hydrogen) atoms. The quantitative estimate of drug-likeness (QED) is 0.766. The molecule has 9 heteroatoms. The molecule has 1 aromatic rings. The maximum Gasteiger partial charge on any atom is 0.246 e. The SMILES string of the molecule is CC(CCN)N(C)S(=O)(=O)c1cc(S(C)(=O)=O)ccc1F. The van der Waals surface area contributed by atoms with Crippen molar-refractivity contribution in [2.75, 3.05) is 19.8 Å². The largest absolute Gasteiger partial charge is 0.330 e. The lowest BCUT2D eigenvalue weighted by Gasteiger charge is -2.24. The number of sulfonamides is 1. The first-order chi connectivity index (χ1) is 9.51. The van der Waals surface area contributed by atoms with Gasteiger partial charge in [0.1, 0.15) is 10.7 Å². The molecule has 0 saturated heterocycles. The van der Waals surface area contributed by atoms with Crippen LogP contribution >= 0.6 is 0 Å². The van der Waals surface area contributed by atoms with E-state index < -0.39 is 36.6 Å². The van der Waals surface area contributed by atoms with Crippen molar-refractivity contribution in [3.63, 3.8) is 0 Å². The molecule has 0 aliphatic carbocycles. The monoisotopic (exact) mass is 338 g/mol. The molecule has 1 atom stereocenters. The summed E-state index contributed by atoms with van der Waals surface area (Å²) in [5.74, 6) is -0.991. The summed E-state index contributed by atoms with van der Waals surface area (Å²) in [6.07, 6.45) is 1.33. The molecule has 6 nitrogen and oxygen atoms in total. The molecule has 0 bridgehead atoms. The Morgan fingerprint density at radius 3 is 2.33 bits per heavy atom. The topological polar surface area (TPSA) is 97.5 Å². The molecule has 0 radical (unpaired) electrons. The van der Waals surface area contributed by atoms with Crippen LogP contribution in [0, 0.1) is 5.82 Å². The molecule has 1 unspecified atom stereocenters. The van der Waals surface area contributed by atoms with E-state index in [4.69, 9.17) is 5.73 Å². The lowest BCUT2D eigenvalue weighted by molar-refractivity contribution is 0.372. The van der Waals surface area contributed by atoms with E-state index in [-0.39, 0.29) is 11.4 Å². The molecular formula is C12H19FN2O4S2. The van der Waals surface area contributed by atoms with Gasteiger partial charge in [-0.2, -0.15) is 4.31 Å². The molecule has 0 aromatic heterocycles. The Morgan fingerprint density at radius 1 is 1.29 bits per heavy atom. The van der Waals surface area contributed by atoms with E-state index in [1.165, 1.54) is 7.05 Å². The molecule has 0 aliphatic rings. The zero-order chi connectivity index (χ0) is 16.4. The summed E-state index contributed by atoms with van der Waals surface area (Å²) < 4.78 is 62.6. The second-order valence-electron chi connectivity index (χ2n) is 4.81. The minimum absolute atomic E-state index is 0.248. The number of hydrogen-bond donors (Lipinski definition) is 1. The van der Waals surface area contributed by atoms with Crippen LogP contribution in [0.1, 0.15) is 13.3 Å². The van der Waals surface area contributed by atoms with Crippen molar-refractivity contribution in [2.24, 2.45) is 5.73 Å². The Balaban J connectivity index is 3.38. The van der Waals surface area contributed by atoms with E-state index in [1.807, 2.05) is 0 Å². The van der Waals surface area contributed by atoms with Crippen LogP contribution in [0.25, 0.3) is 0 Å². The number of halogens is 1. The standard InChI is InChI=1S/C12H19FN2O4S2/c1-9(6-7-14)15(2)21(18,19)12-8-10(20(3,16)17)4-5-11(12)13/h4-5,8-9H,6-7,14H2,1-3H3. The van der Waals surface area contributed by atoms with Crippen molar-refractivity contribution in [1.82, 2.24) is 4.31 Å². The summed E-state index contributed by atoms with van der Waals surface area (Å²) in [6.45, 7) is 1.93. The first-order valence-corrected chi connectivity index (χ1v) is 9.52. The molecule has 1 rings (SSSR count). The minimum atomic E-state index is -4.14. The van der Waals surface area contributed by atoms with Gasteiger partial charge in [-0.15, -0.1) is 0 Å². The highest BCUT2D eigenvalue weighted by atomic mass is 32.2. The number of sulfone groups is 1. The summed E-state index contributed by atoms with van der Waals surface area (Å²) in [5, 5.41) is 0. The van der Waals surface area contributed by atoms with Crippen LogP contribution in [0.2, 0.25) is 0 Å². The zero-order valence-electron chi connectivity index (χ0n) is 12.1. The van der Waals surface area contributed by atoms with Gasteiger partial charge in [-0.05, 0) is 38.1 Å².